The summed E-state index contributed by atoms with van der Waals surface area (Å²) in [7, 11) is 3.89. The monoisotopic (exact) mass is 441 g/mol. The van der Waals surface area contributed by atoms with Crippen molar-refractivity contribution in [3.63, 3.8) is 0 Å². The second kappa shape index (κ2) is 9.16. The molecule has 140 valence electrons. The van der Waals surface area contributed by atoms with Gasteiger partial charge in [-0.25, -0.2) is 0 Å². The van der Waals surface area contributed by atoms with Crippen molar-refractivity contribution < 1.29 is 9.59 Å². The van der Waals surface area contributed by atoms with Crippen molar-refractivity contribution in [1.82, 2.24) is 20.4 Å². The van der Waals surface area contributed by atoms with Crippen LogP contribution in [0, 0.1) is 0 Å². The highest BCUT2D eigenvalue weighted by molar-refractivity contribution is 9.10. The number of aromatic amines is 1. The van der Waals surface area contributed by atoms with Gasteiger partial charge in [0.05, 0.1) is 15.1 Å². The largest absolute Gasteiger partial charge is 0.347 e. The molecule has 2 rings (SSSR count). The SMILES string of the molecule is CC[C@H](CN(C)C)NC(=O)c1n[nH]c(NC(=O)c2ccccc2Cl)c1Br. The van der Waals surface area contributed by atoms with Gasteiger partial charge in [0.25, 0.3) is 11.8 Å². The highest BCUT2D eigenvalue weighted by Gasteiger charge is 2.22. The van der Waals surface area contributed by atoms with Crippen LogP contribution in [0.25, 0.3) is 0 Å². The van der Waals surface area contributed by atoms with Crippen LogP contribution in [0.5, 0.6) is 0 Å². The number of halogens is 2. The Hall–Kier alpha value is -1.90. The molecule has 1 atom stereocenters. The summed E-state index contributed by atoms with van der Waals surface area (Å²) in [5.41, 5.74) is 0.510. The van der Waals surface area contributed by atoms with Gasteiger partial charge in [-0.15, -0.1) is 0 Å². The topological polar surface area (TPSA) is 90.1 Å². The molecule has 0 radical (unpaired) electrons. The Morgan fingerprint density at radius 3 is 2.62 bits per heavy atom. The van der Waals surface area contributed by atoms with Gasteiger partial charge in [-0.1, -0.05) is 30.7 Å². The molecule has 0 aliphatic carbocycles. The van der Waals surface area contributed by atoms with Gasteiger partial charge in [0.1, 0.15) is 5.82 Å². The summed E-state index contributed by atoms with van der Waals surface area (Å²) in [5.74, 6) is -0.424. The predicted octanol–water partition coefficient (Wildman–Crippen LogP) is 3.15. The Bertz CT molecular complexity index is 793. The number of aromatic nitrogens is 2. The summed E-state index contributed by atoms with van der Waals surface area (Å²) in [5, 5.41) is 12.6. The van der Waals surface area contributed by atoms with Crippen LogP contribution in [0.1, 0.15) is 34.2 Å². The van der Waals surface area contributed by atoms with E-state index in [1.165, 1.54) is 0 Å². The first-order valence-corrected chi connectivity index (χ1v) is 9.25. The summed E-state index contributed by atoms with van der Waals surface area (Å²) in [6.07, 6.45) is 0.794. The molecule has 0 saturated carbocycles. The third-order valence-corrected chi connectivity index (χ3v) is 4.79. The van der Waals surface area contributed by atoms with Gasteiger partial charge in [-0.2, -0.15) is 5.10 Å². The minimum atomic E-state index is -0.397. The van der Waals surface area contributed by atoms with Crippen molar-refractivity contribution in [3.05, 3.63) is 45.0 Å². The second-order valence-electron chi connectivity index (χ2n) is 6.04. The molecule has 9 heteroatoms. The lowest BCUT2D eigenvalue weighted by molar-refractivity contribution is 0.0922. The van der Waals surface area contributed by atoms with E-state index in [4.69, 9.17) is 11.6 Å². The second-order valence-corrected chi connectivity index (χ2v) is 7.24. The third-order valence-electron chi connectivity index (χ3n) is 3.69. The molecule has 26 heavy (non-hydrogen) atoms. The number of nitrogens with one attached hydrogen (secondary N) is 3. The van der Waals surface area contributed by atoms with Gasteiger partial charge in [-0.3, -0.25) is 14.7 Å². The number of likely N-dealkylation sites (N-methyl/N-ethyl adjacent to an activating group) is 1. The van der Waals surface area contributed by atoms with Gasteiger partial charge in [0.15, 0.2) is 5.69 Å². The van der Waals surface area contributed by atoms with Crippen LogP contribution in [0.2, 0.25) is 5.02 Å². The predicted molar refractivity (Wildman–Crippen MR) is 106 cm³/mol. The molecule has 1 heterocycles. The van der Waals surface area contributed by atoms with E-state index in [1.54, 1.807) is 24.3 Å². The maximum Gasteiger partial charge on any atom is 0.273 e. The standard InChI is InChI=1S/C17H21BrClN5O2/c1-4-10(9-24(2)3)20-17(26)14-13(18)15(23-22-14)21-16(25)11-7-5-6-8-12(11)19/h5-8,10H,4,9H2,1-3H3,(H,20,26)(H2,21,22,23,25)/t10-/m1/s1. The van der Waals surface area contributed by atoms with E-state index < -0.39 is 5.91 Å². The fraction of sp³-hybridized carbons (Fsp3) is 0.353. The molecule has 0 aliphatic heterocycles. The van der Waals surface area contributed by atoms with Crippen molar-refractivity contribution >= 4 is 45.2 Å². The van der Waals surface area contributed by atoms with Gasteiger partial charge >= 0.3 is 0 Å². The van der Waals surface area contributed by atoms with E-state index in [0.29, 0.717) is 20.9 Å². The quantitative estimate of drug-likeness (QED) is 0.614. The molecule has 0 unspecified atom stereocenters. The number of carbonyl (C=O) groups is 2. The molecule has 0 bridgehead atoms. The van der Waals surface area contributed by atoms with Crippen LogP contribution in [0.15, 0.2) is 28.7 Å². The normalized spacial score (nSPS) is 12.1. The van der Waals surface area contributed by atoms with E-state index >= 15 is 0 Å². The Morgan fingerprint density at radius 1 is 1.31 bits per heavy atom. The molecule has 7 nitrogen and oxygen atoms in total. The zero-order valence-electron chi connectivity index (χ0n) is 14.8. The van der Waals surface area contributed by atoms with E-state index in [1.807, 2.05) is 25.9 Å². The number of amides is 2. The number of hydrogen-bond donors (Lipinski definition) is 3. The van der Waals surface area contributed by atoms with Crippen molar-refractivity contribution in [2.24, 2.45) is 0 Å². The number of rotatable bonds is 7. The third kappa shape index (κ3) is 5.06. The lowest BCUT2D eigenvalue weighted by Crippen LogP contribution is -2.41. The molecule has 0 saturated heterocycles. The number of carbonyl (C=O) groups excluding carboxylic acids is 2. The summed E-state index contributed by atoms with van der Waals surface area (Å²) < 4.78 is 0.384. The van der Waals surface area contributed by atoms with Crippen LogP contribution < -0.4 is 10.6 Å². The Kier molecular flexibility index (Phi) is 7.19. The summed E-state index contributed by atoms with van der Waals surface area (Å²) >= 11 is 9.35. The molecular formula is C17H21BrClN5O2. The summed E-state index contributed by atoms with van der Waals surface area (Å²) in [6.45, 7) is 2.73. The molecular weight excluding hydrogens is 422 g/mol. The molecule has 0 spiro atoms. The molecule has 2 aromatic rings. The molecule has 0 aliphatic rings. The first-order chi connectivity index (χ1) is 12.3. The van der Waals surface area contributed by atoms with Crippen LogP contribution in [0.4, 0.5) is 5.82 Å². The fourth-order valence-electron chi connectivity index (χ4n) is 2.36. The number of anilines is 1. The first-order valence-electron chi connectivity index (χ1n) is 8.08. The smallest absolute Gasteiger partial charge is 0.273 e. The van der Waals surface area contributed by atoms with E-state index in [9.17, 15) is 9.59 Å². The van der Waals surface area contributed by atoms with Crippen LogP contribution in [0.3, 0.4) is 0 Å². The van der Waals surface area contributed by atoms with Crippen molar-refractivity contribution in [2.45, 2.75) is 19.4 Å². The number of hydrogen-bond acceptors (Lipinski definition) is 4. The summed E-state index contributed by atoms with van der Waals surface area (Å²) in [4.78, 5) is 26.8. The minimum Gasteiger partial charge on any atom is -0.347 e. The highest BCUT2D eigenvalue weighted by atomic mass is 79.9. The highest BCUT2D eigenvalue weighted by Crippen LogP contribution is 2.25. The zero-order chi connectivity index (χ0) is 19.3. The Morgan fingerprint density at radius 2 is 2.00 bits per heavy atom. The number of benzene rings is 1. The number of nitrogens with zero attached hydrogens (tertiary/aromatic N) is 2. The average molecular weight is 443 g/mol. The number of H-pyrrole nitrogens is 1. The lowest BCUT2D eigenvalue weighted by atomic mass is 10.2. The zero-order valence-corrected chi connectivity index (χ0v) is 17.1. The Balaban J connectivity index is 2.10. The average Bonchev–Trinajstić information content (AvgIpc) is 2.94. The van der Waals surface area contributed by atoms with E-state index in [-0.39, 0.29) is 17.6 Å². The van der Waals surface area contributed by atoms with Crippen molar-refractivity contribution in [1.29, 1.82) is 0 Å². The van der Waals surface area contributed by atoms with Gasteiger partial charge in [-0.05, 0) is 48.6 Å². The summed E-state index contributed by atoms with van der Waals surface area (Å²) in [6, 6.07) is 6.71. The van der Waals surface area contributed by atoms with Crippen LogP contribution >= 0.6 is 27.5 Å². The minimum absolute atomic E-state index is 0.00210. The van der Waals surface area contributed by atoms with E-state index in [2.05, 4.69) is 36.8 Å². The van der Waals surface area contributed by atoms with Gasteiger partial charge in [0.2, 0.25) is 0 Å². The molecule has 3 N–H and O–H groups in total. The van der Waals surface area contributed by atoms with Crippen LogP contribution in [-0.4, -0.2) is 53.6 Å². The Labute approximate surface area is 165 Å². The van der Waals surface area contributed by atoms with Crippen molar-refractivity contribution in [2.75, 3.05) is 26.0 Å². The molecule has 2 amide bonds. The molecule has 0 fully saturated rings. The van der Waals surface area contributed by atoms with Gasteiger partial charge < -0.3 is 15.5 Å². The maximum atomic E-state index is 12.5. The first kappa shape index (κ1) is 20.4. The molecule has 1 aromatic carbocycles. The maximum absolute atomic E-state index is 12.5. The van der Waals surface area contributed by atoms with Crippen LogP contribution in [-0.2, 0) is 0 Å². The fourth-order valence-corrected chi connectivity index (χ4v) is 3.04. The van der Waals surface area contributed by atoms with Gasteiger partial charge in [0, 0.05) is 12.6 Å². The molecule has 1 aromatic heterocycles. The van der Waals surface area contributed by atoms with E-state index in [0.717, 1.165) is 13.0 Å². The lowest BCUT2D eigenvalue weighted by Gasteiger charge is -2.20. The van der Waals surface area contributed by atoms with Crippen molar-refractivity contribution in [3.8, 4) is 0 Å².